The molecule has 1 aliphatic heterocycles. The van der Waals surface area contributed by atoms with Crippen LogP contribution in [0.15, 0.2) is 36.8 Å². The molecule has 3 aromatic rings. The van der Waals surface area contributed by atoms with E-state index < -0.39 is 17.6 Å². The van der Waals surface area contributed by atoms with E-state index in [0.717, 1.165) is 12.4 Å². The van der Waals surface area contributed by atoms with Crippen molar-refractivity contribution >= 4 is 22.8 Å². The lowest BCUT2D eigenvalue weighted by Crippen LogP contribution is -2.49. The highest BCUT2D eigenvalue weighted by atomic mass is 19.4. The van der Waals surface area contributed by atoms with Gasteiger partial charge in [0.15, 0.2) is 0 Å². The molecule has 0 unspecified atom stereocenters. The molecule has 10 heteroatoms. The van der Waals surface area contributed by atoms with Crippen molar-refractivity contribution in [2.75, 3.05) is 31.1 Å². The van der Waals surface area contributed by atoms with Gasteiger partial charge in [0.05, 0.1) is 11.1 Å². The molecule has 0 bridgehead atoms. The molecule has 1 aliphatic rings. The van der Waals surface area contributed by atoms with Crippen LogP contribution in [0.1, 0.15) is 15.9 Å². The Morgan fingerprint density at radius 1 is 1.07 bits per heavy atom. The predicted octanol–water partition coefficient (Wildman–Crippen LogP) is 3.08. The number of benzene rings is 1. The van der Waals surface area contributed by atoms with Crippen LogP contribution in [-0.4, -0.2) is 51.9 Å². The third-order valence-electron chi connectivity index (χ3n) is 4.69. The van der Waals surface area contributed by atoms with Crippen molar-refractivity contribution in [2.24, 2.45) is 0 Å². The Morgan fingerprint density at radius 2 is 1.75 bits per heavy atom. The Balaban J connectivity index is 1.44. The van der Waals surface area contributed by atoms with Crippen molar-refractivity contribution in [2.45, 2.75) is 6.18 Å². The van der Waals surface area contributed by atoms with Crippen LogP contribution in [0.3, 0.4) is 0 Å². The Kier molecular flexibility index (Phi) is 4.40. The van der Waals surface area contributed by atoms with Gasteiger partial charge in [-0.05, 0) is 18.2 Å². The molecular formula is C18H15F4N5O. The van der Waals surface area contributed by atoms with Crippen molar-refractivity contribution in [3.05, 3.63) is 53.7 Å². The Labute approximate surface area is 156 Å². The highest BCUT2D eigenvalue weighted by molar-refractivity contribution is 6.06. The molecule has 1 amide bonds. The van der Waals surface area contributed by atoms with Gasteiger partial charge in [0, 0.05) is 55.7 Å². The normalized spacial score (nSPS) is 15.3. The van der Waals surface area contributed by atoms with Crippen molar-refractivity contribution < 1.29 is 22.4 Å². The zero-order valence-corrected chi connectivity index (χ0v) is 14.5. The smallest absolute Gasteiger partial charge is 0.360 e. The Morgan fingerprint density at radius 3 is 2.39 bits per heavy atom. The number of halogens is 4. The molecule has 1 aromatic carbocycles. The van der Waals surface area contributed by atoms with Gasteiger partial charge in [0.1, 0.15) is 5.82 Å². The van der Waals surface area contributed by atoms with Crippen molar-refractivity contribution in [3.8, 4) is 0 Å². The fraction of sp³-hybridized carbons (Fsp3) is 0.278. The molecule has 6 nitrogen and oxygen atoms in total. The summed E-state index contributed by atoms with van der Waals surface area (Å²) in [6.07, 6.45) is -1.42. The van der Waals surface area contributed by atoms with Crippen LogP contribution >= 0.6 is 0 Å². The molecule has 0 aliphatic carbocycles. The van der Waals surface area contributed by atoms with Gasteiger partial charge in [-0.2, -0.15) is 13.2 Å². The molecular weight excluding hydrogens is 378 g/mol. The van der Waals surface area contributed by atoms with Gasteiger partial charge in [-0.1, -0.05) is 0 Å². The first-order valence-corrected chi connectivity index (χ1v) is 8.53. The lowest BCUT2D eigenvalue weighted by Gasteiger charge is -2.34. The molecule has 28 heavy (non-hydrogen) atoms. The Bertz CT molecular complexity index is 1010. The number of anilines is 1. The zero-order chi connectivity index (χ0) is 19.9. The molecule has 0 radical (unpaired) electrons. The summed E-state index contributed by atoms with van der Waals surface area (Å²) >= 11 is 0. The number of nitrogens with one attached hydrogen (secondary N) is 1. The number of hydrogen-bond acceptors (Lipinski definition) is 4. The number of nitrogens with zero attached hydrogens (tertiary/aromatic N) is 4. The fourth-order valence-corrected chi connectivity index (χ4v) is 3.19. The van der Waals surface area contributed by atoms with Crippen LogP contribution in [0.2, 0.25) is 0 Å². The number of amides is 1. The highest BCUT2D eigenvalue weighted by Gasteiger charge is 2.32. The minimum Gasteiger partial charge on any atom is -0.360 e. The third-order valence-corrected chi connectivity index (χ3v) is 4.69. The maximum absolute atomic E-state index is 13.3. The first-order valence-electron chi connectivity index (χ1n) is 8.53. The molecule has 3 heterocycles. The first kappa shape index (κ1) is 18.2. The van der Waals surface area contributed by atoms with Crippen LogP contribution in [0.25, 0.3) is 10.9 Å². The highest BCUT2D eigenvalue weighted by Crippen LogP contribution is 2.28. The topological polar surface area (TPSA) is 65.1 Å². The van der Waals surface area contributed by atoms with E-state index in [4.69, 9.17) is 0 Å². The van der Waals surface area contributed by atoms with Crippen LogP contribution in [0.5, 0.6) is 0 Å². The van der Waals surface area contributed by atoms with Gasteiger partial charge >= 0.3 is 6.18 Å². The largest absolute Gasteiger partial charge is 0.419 e. The number of carbonyl (C=O) groups is 1. The molecule has 2 aromatic heterocycles. The van der Waals surface area contributed by atoms with Crippen LogP contribution in [0.4, 0.5) is 23.5 Å². The summed E-state index contributed by atoms with van der Waals surface area (Å²) in [5.74, 6) is -0.382. The van der Waals surface area contributed by atoms with E-state index in [1.807, 2.05) is 0 Å². The molecule has 0 spiro atoms. The predicted molar refractivity (Wildman–Crippen MR) is 93.4 cm³/mol. The fourth-order valence-electron chi connectivity index (χ4n) is 3.19. The Hall–Kier alpha value is -3.17. The van der Waals surface area contributed by atoms with Crippen molar-refractivity contribution in [3.63, 3.8) is 0 Å². The minimum atomic E-state index is -4.48. The lowest BCUT2D eigenvalue weighted by molar-refractivity contribution is -0.138. The SMILES string of the molecule is O=C(c1c[nH]c2cc(F)ccc12)N1CCN(c2ncc(C(F)(F)F)cn2)CC1. The zero-order valence-electron chi connectivity index (χ0n) is 14.5. The quantitative estimate of drug-likeness (QED) is 0.680. The molecule has 0 saturated carbocycles. The second-order valence-corrected chi connectivity index (χ2v) is 6.44. The maximum Gasteiger partial charge on any atom is 0.419 e. The van der Waals surface area contributed by atoms with E-state index in [1.165, 1.54) is 12.1 Å². The van der Waals surface area contributed by atoms with Gasteiger partial charge in [-0.15, -0.1) is 0 Å². The van der Waals surface area contributed by atoms with E-state index in [0.29, 0.717) is 42.6 Å². The summed E-state index contributed by atoms with van der Waals surface area (Å²) in [5.41, 5.74) is 0.0928. The van der Waals surface area contributed by atoms with Gasteiger partial charge in [0.25, 0.3) is 5.91 Å². The maximum atomic E-state index is 13.3. The van der Waals surface area contributed by atoms with Crippen molar-refractivity contribution in [1.82, 2.24) is 19.9 Å². The molecule has 0 atom stereocenters. The van der Waals surface area contributed by atoms with E-state index in [2.05, 4.69) is 15.0 Å². The molecule has 1 N–H and O–H groups in total. The first-order chi connectivity index (χ1) is 13.3. The summed E-state index contributed by atoms with van der Waals surface area (Å²) in [6, 6.07) is 4.18. The molecule has 4 rings (SSSR count). The average Bonchev–Trinajstić information content (AvgIpc) is 3.10. The number of aromatic nitrogens is 3. The molecule has 1 saturated heterocycles. The summed E-state index contributed by atoms with van der Waals surface area (Å²) in [6.45, 7) is 1.54. The number of alkyl halides is 3. The van der Waals surface area contributed by atoms with E-state index in [9.17, 15) is 22.4 Å². The van der Waals surface area contributed by atoms with Crippen molar-refractivity contribution in [1.29, 1.82) is 0 Å². The lowest BCUT2D eigenvalue weighted by atomic mass is 10.1. The summed E-state index contributed by atoms with van der Waals surface area (Å²) in [7, 11) is 0. The van der Waals surface area contributed by atoms with Gasteiger partial charge < -0.3 is 14.8 Å². The molecule has 146 valence electrons. The summed E-state index contributed by atoms with van der Waals surface area (Å²) in [5, 5.41) is 0.639. The van der Waals surface area contributed by atoms with E-state index in [1.54, 1.807) is 22.1 Å². The van der Waals surface area contributed by atoms with E-state index in [-0.39, 0.29) is 11.9 Å². The minimum absolute atomic E-state index is 0.189. The monoisotopic (exact) mass is 393 g/mol. The van der Waals surface area contributed by atoms with Crippen LogP contribution in [-0.2, 0) is 6.18 Å². The van der Waals surface area contributed by atoms with Gasteiger partial charge in [-0.25, -0.2) is 14.4 Å². The number of piperazine rings is 1. The number of aromatic amines is 1. The number of rotatable bonds is 2. The number of H-pyrrole nitrogens is 1. The van der Waals surface area contributed by atoms with Crippen LogP contribution in [0, 0.1) is 5.82 Å². The second kappa shape index (κ2) is 6.77. The van der Waals surface area contributed by atoms with Gasteiger partial charge in [0.2, 0.25) is 5.95 Å². The van der Waals surface area contributed by atoms with E-state index >= 15 is 0 Å². The number of hydrogen-bond donors (Lipinski definition) is 1. The number of fused-ring (bicyclic) bond motifs is 1. The summed E-state index contributed by atoms with van der Waals surface area (Å²) in [4.78, 5) is 26.6. The average molecular weight is 393 g/mol. The second-order valence-electron chi connectivity index (χ2n) is 6.44. The summed E-state index contributed by atoms with van der Waals surface area (Å²) < 4.78 is 51.1. The molecule has 1 fully saturated rings. The number of carbonyl (C=O) groups excluding carboxylic acids is 1. The van der Waals surface area contributed by atoms with Crippen LogP contribution < -0.4 is 4.90 Å². The van der Waals surface area contributed by atoms with Gasteiger partial charge in [-0.3, -0.25) is 4.79 Å². The standard InChI is InChI=1S/C18H15F4N5O/c19-12-1-2-13-14(10-23-15(13)7-12)16(28)26-3-5-27(6-4-26)17-24-8-11(9-25-17)18(20,21)22/h1-2,7-10,23H,3-6H2. The third kappa shape index (κ3) is 3.37.